The van der Waals surface area contributed by atoms with Gasteiger partial charge in [-0.15, -0.1) is 0 Å². The van der Waals surface area contributed by atoms with Gasteiger partial charge in [-0.1, -0.05) is 62.2 Å². The van der Waals surface area contributed by atoms with Crippen molar-refractivity contribution in [1.29, 1.82) is 0 Å². The third-order valence-electron chi connectivity index (χ3n) is 3.33. The minimum Gasteiger partial charge on any atom is -0.380 e. The molecule has 1 saturated carbocycles. The summed E-state index contributed by atoms with van der Waals surface area (Å²) in [6, 6.07) is 10.6. The number of ether oxygens (including phenoxy) is 1. The summed E-state index contributed by atoms with van der Waals surface area (Å²) in [7, 11) is 0. The topological polar surface area (TPSA) is 9.23 Å². The molecule has 0 heterocycles. The number of halogens is 2. The van der Waals surface area contributed by atoms with Crippen LogP contribution in [0, 0.1) is 5.92 Å². The molecule has 1 fully saturated rings. The molecule has 3 heteroatoms. The molecule has 0 amide bonds. The zero-order valence-corrected chi connectivity index (χ0v) is 13.0. The van der Waals surface area contributed by atoms with Crippen molar-refractivity contribution in [2.45, 2.75) is 18.3 Å². The third kappa shape index (κ3) is 3.55. The van der Waals surface area contributed by atoms with Gasteiger partial charge in [-0.2, -0.15) is 0 Å². The van der Waals surface area contributed by atoms with Crippen molar-refractivity contribution in [1.82, 2.24) is 0 Å². The second kappa shape index (κ2) is 6.35. The van der Waals surface area contributed by atoms with Crippen molar-refractivity contribution in [2.24, 2.45) is 5.92 Å². The van der Waals surface area contributed by atoms with Gasteiger partial charge < -0.3 is 4.74 Å². The van der Waals surface area contributed by atoms with Crippen molar-refractivity contribution in [3.63, 3.8) is 0 Å². The highest BCUT2D eigenvalue weighted by Gasteiger charge is 2.31. The molecule has 1 aliphatic carbocycles. The summed E-state index contributed by atoms with van der Waals surface area (Å²) in [5.74, 6) is 0.828. The van der Waals surface area contributed by atoms with E-state index in [0.717, 1.165) is 29.8 Å². The molecule has 0 aliphatic heterocycles. The highest BCUT2D eigenvalue weighted by atomic mass is 79.9. The van der Waals surface area contributed by atoms with E-state index in [-0.39, 0.29) is 5.41 Å². The molecule has 0 N–H and O–H groups in total. The van der Waals surface area contributed by atoms with Gasteiger partial charge in [0.05, 0.1) is 6.61 Å². The van der Waals surface area contributed by atoms with Gasteiger partial charge in [0.1, 0.15) is 0 Å². The molecule has 0 bridgehead atoms. The first-order valence-corrected chi connectivity index (χ1v) is 8.30. The molecule has 0 spiro atoms. The van der Waals surface area contributed by atoms with Crippen molar-refractivity contribution in [3.8, 4) is 0 Å². The summed E-state index contributed by atoms with van der Waals surface area (Å²) in [6.07, 6.45) is 2.70. The van der Waals surface area contributed by atoms with Crippen molar-refractivity contribution in [3.05, 3.63) is 35.9 Å². The van der Waals surface area contributed by atoms with Gasteiger partial charge in [0.2, 0.25) is 0 Å². The summed E-state index contributed by atoms with van der Waals surface area (Å²) < 4.78 is 5.90. The average Bonchev–Trinajstić information content (AvgIpc) is 3.20. The lowest BCUT2D eigenvalue weighted by molar-refractivity contribution is 0.0905. The van der Waals surface area contributed by atoms with Crippen LogP contribution >= 0.6 is 31.9 Å². The van der Waals surface area contributed by atoms with Crippen LogP contribution in [0.1, 0.15) is 18.4 Å². The van der Waals surface area contributed by atoms with E-state index < -0.39 is 0 Å². The zero-order chi connectivity index (χ0) is 12.1. The predicted octanol–water partition coefficient (Wildman–Crippen LogP) is 4.14. The van der Waals surface area contributed by atoms with E-state index in [0.29, 0.717) is 0 Å². The second-order valence-electron chi connectivity index (χ2n) is 4.87. The van der Waals surface area contributed by atoms with E-state index in [2.05, 4.69) is 62.2 Å². The smallest absolute Gasteiger partial charge is 0.0579 e. The summed E-state index contributed by atoms with van der Waals surface area (Å²) in [6.45, 7) is 1.71. The van der Waals surface area contributed by atoms with E-state index in [9.17, 15) is 0 Å². The molecule has 0 aromatic heterocycles. The molecule has 0 radical (unpaired) electrons. The quantitative estimate of drug-likeness (QED) is 0.663. The fraction of sp³-hybridized carbons (Fsp3) is 0.571. The van der Waals surface area contributed by atoms with E-state index in [4.69, 9.17) is 4.74 Å². The van der Waals surface area contributed by atoms with Gasteiger partial charge in [-0.05, 0) is 24.3 Å². The Balaban J connectivity index is 2.01. The van der Waals surface area contributed by atoms with Gasteiger partial charge in [0.15, 0.2) is 0 Å². The molecule has 0 saturated heterocycles. The lowest BCUT2D eigenvalue weighted by atomic mass is 9.85. The molecule has 1 aromatic rings. The zero-order valence-electron chi connectivity index (χ0n) is 9.87. The Kier molecular flexibility index (Phi) is 5.07. The number of hydrogen-bond donors (Lipinski definition) is 0. The second-order valence-corrected chi connectivity index (χ2v) is 5.99. The van der Waals surface area contributed by atoms with Gasteiger partial charge >= 0.3 is 0 Å². The Bertz CT molecular complexity index is 331. The molecule has 1 nitrogen and oxygen atoms in total. The molecule has 94 valence electrons. The maximum absolute atomic E-state index is 5.90. The summed E-state index contributed by atoms with van der Waals surface area (Å²) in [5.41, 5.74) is 1.39. The molecule has 1 aliphatic rings. The maximum Gasteiger partial charge on any atom is 0.0579 e. The Morgan fingerprint density at radius 2 is 1.76 bits per heavy atom. The summed E-state index contributed by atoms with van der Waals surface area (Å²) in [4.78, 5) is 0. The largest absolute Gasteiger partial charge is 0.380 e. The summed E-state index contributed by atoms with van der Waals surface area (Å²) in [5, 5.41) is 1.83. The van der Waals surface area contributed by atoms with Crippen LogP contribution in [-0.2, 0) is 10.2 Å². The van der Waals surface area contributed by atoms with Crippen LogP contribution < -0.4 is 0 Å². The minimum atomic E-state index is 0.0517. The number of benzene rings is 1. The van der Waals surface area contributed by atoms with Gasteiger partial charge in [0.25, 0.3) is 0 Å². The van der Waals surface area contributed by atoms with Gasteiger partial charge in [0, 0.05) is 22.7 Å². The van der Waals surface area contributed by atoms with Gasteiger partial charge in [-0.25, -0.2) is 0 Å². The molecular weight excluding hydrogens is 344 g/mol. The predicted molar refractivity (Wildman–Crippen MR) is 79.3 cm³/mol. The molecule has 0 unspecified atom stereocenters. The Labute approximate surface area is 120 Å². The lowest BCUT2D eigenvalue weighted by Gasteiger charge is -2.30. The minimum absolute atomic E-state index is 0.0517. The molecular formula is C14H18Br2O. The van der Waals surface area contributed by atoms with Gasteiger partial charge in [-0.3, -0.25) is 0 Å². The average molecular weight is 362 g/mol. The van der Waals surface area contributed by atoms with Crippen LogP contribution in [0.4, 0.5) is 0 Å². The van der Waals surface area contributed by atoms with Crippen LogP contribution in [0.2, 0.25) is 0 Å². The Morgan fingerprint density at radius 3 is 2.29 bits per heavy atom. The molecule has 2 rings (SSSR count). The van der Waals surface area contributed by atoms with E-state index in [1.807, 2.05) is 0 Å². The first-order chi connectivity index (χ1) is 8.30. The van der Waals surface area contributed by atoms with Crippen LogP contribution in [0.5, 0.6) is 0 Å². The van der Waals surface area contributed by atoms with Crippen LogP contribution in [0.25, 0.3) is 0 Å². The monoisotopic (exact) mass is 360 g/mol. The first-order valence-electron chi connectivity index (χ1n) is 6.06. The standard InChI is InChI=1S/C14H18Br2O/c15-9-14(10-16,11-17-8-12-6-7-12)13-4-2-1-3-5-13/h1-5,12H,6-11H2. The number of rotatable bonds is 7. The molecule has 17 heavy (non-hydrogen) atoms. The highest BCUT2D eigenvalue weighted by molar-refractivity contribution is 9.09. The third-order valence-corrected chi connectivity index (χ3v) is 5.47. The van der Waals surface area contributed by atoms with Crippen LogP contribution in [0.3, 0.4) is 0 Å². The Morgan fingerprint density at radius 1 is 1.12 bits per heavy atom. The van der Waals surface area contributed by atoms with Crippen molar-refractivity contribution >= 4 is 31.9 Å². The maximum atomic E-state index is 5.90. The SMILES string of the molecule is BrCC(CBr)(COCC1CC1)c1ccccc1. The van der Waals surface area contributed by atoms with E-state index in [1.165, 1.54) is 18.4 Å². The highest BCUT2D eigenvalue weighted by Crippen LogP contribution is 2.32. The fourth-order valence-corrected chi connectivity index (χ4v) is 3.75. The summed E-state index contributed by atoms with van der Waals surface area (Å²) >= 11 is 7.29. The van der Waals surface area contributed by atoms with Crippen molar-refractivity contribution in [2.75, 3.05) is 23.9 Å². The normalized spacial score (nSPS) is 16.1. The van der Waals surface area contributed by atoms with Crippen LogP contribution in [-0.4, -0.2) is 23.9 Å². The molecule has 1 aromatic carbocycles. The number of alkyl halides is 2. The van der Waals surface area contributed by atoms with E-state index in [1.54, 1.807) is 0 Å². The van der Waals surface area contributed by atoms with Crippen molar-refractivity contribution < 1.29 is 4.74 Å². The number of hydrogen-bond acceptors (Lipinski definition) is 1. The van der Waals surface area contributed by atoms with Crippen LogP contribution in [0.15, 0.2) is 30.3 Å². The lowest BCUT2D eigenvalue weighted by Crippen LogP contribution is -2.36. The molecule has 0 atom stereocenters. The Hall–Kier alpha value is 0.140. The first kappa shape index (κ1) is 13.6. The fourth-order valence-electron chi connectivity index (χ4n) is 1.85. The van der Waals surface area contributed by atoms with E-state index >= 15 is 0 Å².